The fourth-order valence-electron chi connectivity index (χ4n) is 2.72. The van der Waals surface area contributed by atoms with E-state index >= 15 is 0 Å². The third kappa shape index (κ3) is 5.92. The molecule has 1 fully saturated rings. The molecule has 0 radical (unpaired) electrons. The molecule has 1 heterocycles. The maximum absolute atomic E-state index is 5.90. The number of hydrogen-bond donors (Lipinski definition) is 1. The number of piperazine rings is 1. The quantitative estimate of drug-likeness (QED) is 0.575. The predicted molar refractivity (Wildman–Crippen MR) is 88.2 cm³/mol. The summed E-state index contributed by atoms with van der Waals surface area (Å²) in [4.78, 5) is 2.60. The predicted octanol–water partition coefficient (Wildman–Crippen LogP) is 0.0216. The molecule has 0 aromatic rings. The van der Waals surface area contributed by atoms with Crippen LogP contribution in [0.3, 0.4) is 0 Å². The van der Waals surface area contributed by atoms with Gasteiger partial charge in [-0.05, 0) is 33.7 Å². The van der Waals surface area contributed by atoms with Crippen LogP contribution in [0.5, 0.6) is 0 Å². The average Bonchev–Trinajstić information content (AvgIpc) is 2.42. The van der Waals surface area contributed by atoms with Gasteiger partial charge in [-0.3, -0.25) is 0 Å². The number of rotatable bonds is 10. The largest absolute Gasteiger partial charge is 0.500 e. The average molecular weight is 321 g/mol. The molecule has 1 aliphatic rings. The van der Waals surface area contributed by atoms with Crippen LogP contribution in [0.1, 0.15) is 27.2 Å². The van der Waals surface area contributed by atoms with Gasteiger partial charge in [0.2, 0.25) is 0 Å². The first-order chi connectivity index (χ1) is 9.67. The SMILES string of the molecule is CCO[Si](CCCN1CCNCC1[SiH3])(OCC)OCC. The maximum Gasteiger partial charge on any atom is 0.500 e. The van der Waals surface area contributed by atoms with Crippen LogP contribution in [0.25, 0.3) is 0 Å². The molecule has 7 heteroatoms. The zero-order valence-corrected chi connectivity index (χ0v) is 16.6. The Morgan fingerprint density at radius 1 is 1.15 bits per heavy atom. The normalized spacial score (nSPS) is 21.4. The van der Waals surface area contributed by atoms with Crippen molar-refractivity contribution in [2.24, 2.45) is 0 Å². The van der Waals surface area contributed by atoms with E-state index < -0.39 is 8.80 Å². The molecular weight excluding hydrogens is 288 g/mol. The lowest BCUT2D eigenvalue weighted by Crippen LogP contribution is -2.52. The van der Waals surface area contributed by atoms with Gasteiger partial charge in [0.1, 0.15) is 0 Å². The van der Waals surface area contributed by atoms with Gasteiger partial charge < -0.3 is 23.5 Å². The highest BCUT2D eigenvalue weighted by molar-refractivity contribution is 6.60. The molecule has 0 spiro atoms. The lowest BCUT2D eigenvalue weighted by Gasteiger charge is -2.35. The first-order valence-electron chi connectivity index (χ1n) is 8.04. The molecule has 20 heavy (non-hydrogen) atoms. The van der Waals surface area contributed by atoms with E-state index in [-0.39, 0.29) is 0 Å². The van der Waals surface area contributed by atoms with Crippen molar-refractivity contribution in [2.45, 2.75) is 38.9 Å². The lowest BCUT2D eigenvalue weighted by molar-refractivity contribution is 0.0695. The summed E-state index contributed by atoms with van der Waals surface area (Å²) < 4.78 is 17.7. The second kappa shape index (κ2) is 10.0. The summed E-state index contributed by atoms with van der Waals surface area (Å²) in [6.07, 6.45) is 1.10. The van der Waals surface area contributed by atoms with Gasteiger partial charge in [-0.1, -0.05) is 0 Å². The van der Waals surface area contributed by atoms with Crippen molar-refractivity contribution >= 4 is 19.0 Å². The topological polar surface area (TPSA) is 43.0 Å². The molecule has 1 unspecified atom stereocenters. The third-order valence-electron chi connectivity index (χ3n) is 3.66. The Morgan fingerprint density at radius 2 is 1.75 bits per heavy atom. The number of hydrogen-bond acceptors (Lipinski definition) is 5. The van der Waals surface area contributed by atoms with E-state index in [0.29, 0.717) is 19.8 Å². The Kier molecular flexibility index (Phi) is 9.18. The molecular formula is C13H32N2O3Si2. The first-order valence-corrected chi connectivity index (χ1v) is 11.1. The molecule has 0 aromatic heterocycles. The van der Waals surface area contributed by atoms with Gasteiger partial charge >= 0.3 is 8.80 Å². The Bertz CT molecular complexity index is 243. The highest BCUT2D eigenvalue weighted by Crippen LogP contribution is 2.19. The van der Waals surface area contributed by atoms with Crippen LogP contribution in [-0.2, 0) is 13.3 Å². The molecule has 0 amide bonds. The Labute approximate surface area is 128 Å². The summed E-state index contributed by atoms with van der Waals surface area (Å²) in [5.41, 5.74) is 0.756. The molecule has 1 rings (SSSR count). The van der Waals surface area contributed by atoms with Crippen molar-refractivity contribution in [3.8, 4) is 0 Å². The third-order valence-corrected chi connectivity index (χ3v) is 7.95. The van der Waals surface area contributed by atoms with Gasteiger partial charge in [-0.2, -0.15) is 0 Å². The van der Waals surface area contributed by atoms with Gasteiger partial charge in [0.25, 0.3) is 0 Å². The van der Waals surface area contributed by atoms with E-state index in [1.165, 1.54) is 16.8 Å². The summed E-state index contributed by atoms with van der Waals surface area (Å²) in [5, 5.41) is 3.46. The fraction of sp³-hybridized carbons (Fsp3) is 1.00. The maximum atomic E-state index is 5.90. The van der Waals surface area contributed by atoms with Crippen LogP contribution in [0, 0.1) is 0 Å². The summed E-state index contributed by atoms with van der Waals surface area (Å²) in [5.74, 6) is 0. The van der Waals surface area contributed by atoms with Crippen LogP contribution in [0.4, 0.5) is 0 Å². The molecule has 5 nitrogen and oxygen atoms in total. The van der Waals surface area contributed by atoms with E-state index in [0.717, 1.165) is 37.8 Å². The van der Waals surface area contributed by atoms with E-state index in [1.54, 1.807) is 0 Å². The van der Waals surface area contributed by atoms with E-state index in [2.05, 4.69) is 10.2 Å². The standard InChI is InChI=1S/C13H32N2O3Si2/c1-4-16-20(17-5-2,18-6-3)11-7-9-15-10-8-14-12-13(15)19/h13-14H,4-12H2,1-3,19H3. The molecule has 1 N–H and O–H groups in total. The second-order valence-corrected chi connectivity index (χ2v) is 9.24. The van der Waals surface area contributed by atoms with Crippen molar-refractivity contribution in [3.63, 3.8) is 0 Å². The molecule has 1 atom stereocenters. The van der Waals surface area contributed by atoms with Crippen LogP contribution < -0.4 is 5.32 Å². The minimum Gasteiger partial charge on any atom is -0.374 e. The van der Waals surface area contributed by atoms with Crippen molar-refractivity contribution in [1.29, 1.82) is 0 Å². The summed E-state index contributed by atoms with van der Waals surface area (Å²) in [6.45, 7) is 12.6. The highest BCUT2D eigenvalue weighted by Gasteiger charge is 2.39. The molecule has 1 aliphatic heterocycles. The van der Waals surface area contributed by atoms with Gasteiger partial charge in [0.15, 0.2) is 0 Å². The van der Waals surface area contributed by atoms with E-state index in [9.17, 15) is 0 Å². The molecule has 1 saturated heterocycles. The zero-order valence-electron chi connectivity index (χ0n) is 13.6. The summed E-state index contributed by atoms with van der Waals surface area (Å²) in [6, 6.07) is 0.931. The van der Waals surface area contributed by atoms with Crippen LogP contribution in [0.15, 0.2) is 0 Å². The minimum atomic E-state index is -2.43. The van der Waals surface area contributed by atoms with Crippen LogP contribution in [0.2, 0.25) is 6.04 Å². The van der Waals surface area contributed by atoms with Crippen molar-refractivity contribution < 1.29 is 13.3 Å². The van der Waals surface area contributed by atoms with Gasteiger partial charge in [-0.25, -0.2) is 0 Å². The molecule has 120 valence electrons. The first kappa shape index (κ1) is 18.3. The summed E-state index contributed by atoms with van der Waals surface area (Å²) >= 11 is 0. The molecule has 0 saturated carbocycles. The minimum absolute atomic E-state index is 0.670. The molecule has 0 aliphatic carbocycles. The smallest absolute Gasteiger partial charge is 0.374 e. The number of nitrogens with zero attached hydrogens (tertiary/aromatic N) is 1. The van der Waals surface area contributed by atoms with Crippen LogP contribution in [-0.4, -0.2) is 75.6 Å². The highest BCUT2D eigenvalue weighted by atomic mass is 28.4. The Hall–Kier alpha value is 0.234. The Morgan fingerprint density at radius 3 is 2.25 bits per heavy atom. The van der Waals surface area contributed by atoms with E-state index in [1.807, 2.05) is 20.8 Å². The molecule has 0 bridgehead atoms. The van der Waals surface area contributed by atoms with Crippen LogP contribution >= 0.6 is 0 Å². The van der Waals surface area contributed by atoms with Crippen molar-refractivity contribution in [2.75, 3.05) is 46.0 Å². The van der Waals surface area contributed by atoms with Gasteiger partial charge in [-0.15, -0.1) is 0 Å². The van der Waals surface area contributed by atoms with Crippen molar-refractivity contribution in [3.05, 3.63) is 0 Å². The van der Waals surface area contributed by atoms with Crippen molar-refractivity contribution in [1.82, 2.24) is 10.2 Å². The summed E-state index contributed by atoms with van der Waals surface area (Å²) in [7, 11) is -1.21. The fourth-order valence-corrected chi connectivity index (χ4v) is 6.11. The van der Waals surface area contributed by atoms with Gasteiger partial charge in [0, 0.05) is 61.4 Å². The lowest BCUT2D eigenvalue weighted by atomic mass is 10.3. The van der Waals surface area contributed by atoms with Gasteiger partial charge in [0.05, 0.1) is 0 Å². The van der Waals surface area contributed by atoms with E-state index in [4.69, 9.17) is 13.3 Å². The molecule has 0 aromatic carbocycles. The Balaban J connectivity index is 2.43. The number of nitrogens with one attached hydrogen (secondary N) is 1. The monoisotopic (exact) mass is 320 g/mol. The zero-order chi connectivity index (χ0) is 14.8. The second-order valence-electron chi connectivity index (χ2n) is 5.17.